The van der Waals surface area contributed by atoms with Crippen LogP contribution < -0.4 is 10.4 Å². The van der Waals surface area contributed by atoms with Crippen molar-refractivity contribution in [3.05, 3.63) is 40.6 Å². The van der Waals surface area contributed by atoms with Crippen molar-refractivity contribution >= 4 is 35.1 Å². The summed E-state index contributed by atoms with van der Waals surface area (Å²) in [5.41, 5.74) is 2.75. The third-order valence-electron chi connectivity index (χ3n) is 5.41. The number of esters is 1. The predicted octanol–water partition coefficient (Wildman–Crippen LogP) is 5.72. The maximum Gasteiger partial charge on any atom is 0.338 e. The van der Waals surface area contributed by atoms with E-state index in [4.69, 9.17) is 21.1 Å². The summed E-state index contributed by atoms with van der Waals surface area (Å²) in [4.78, 5) is 37.1. The Labute approximate surface area is 201 Å². The average molecular weight is 479 g/mol. The van der Waals surface area contributed by atoms with Crippen molar-refractivity contribution in [3.8, 4) is 0 Å². The summed E-state index contributed by atoms with van der Waals surface area (Å²) in [7, 11) is 0. The Bertz CT molecular complexity index is 840. The van der Waals surface area contributed by atoms with Crippen LogP contribution in [0.2, 0.25) is 5.02 Å². The first-order valence-corrected chi connectivity index (χ1v) is 12.3. The first kappa shape index (κ1) is 26.7. The minimum absolute atomic E-state index is 0.137. The van der Waals surface area contributed by atoms with Crippen LogP contribution >= 0.6 is 11.6 Å². The van der Waals surface area contributed by atoms with Crippen LogP contribution in [0.5, 0.6) is 0 Å². The highest BCUT2D eigenvalue weighted by atomic mass is 35.5. The number of halogens is 1. The summed E-state index contributed by atoms with van der Waals surface area (Å²) < 4.78 is 10.4. The second-order valence-corrected chi connectivity index (χ2v) is 8.46. The van der Waals surface area contributed by atoms with Crippen molar-refractivity contribution in [1.29, 1.82) is 0 Å². The van der Waals surface area contributed by atoms with E-state index in [-0.39, 0.29) is 21.8 Å². The number of unbranched alkanes of at least 4 members (excludes halogenated alkanes) is 9. The summed E-state index contributed by atoms with van der Waals surface area (Å²) in [6.45, 7) is 4.64. The topological polar surface area (TPSA) is 84.9 Å². The van der Waals surface area contributed by atoms with Crippen LogP contribution in [0.1, 0.15) is 88.4 Å². The normalized spacial score (nSPS) is 14.6. The molecule has 2 amide bonds. The van der Waals surface area contributed by atoms with Gasteiger partial charge in [0.2, 0.25) is 0 Å². The van der Waals surface area contributed by atoms with E-state index in [0.29, 0.717) is 13.2 Å². The monoisotopic (exact) mass is 478 g/mol. The van der Waals surface area contributed by atoms with Crippen molar-refractivity contribution in [2.75, 3.05) is 18.2 Å². The smallest absolute Gasteiger partial charge is 0.338 e. The van der Waals surface area contributed by atoms with Gasteiger partial charge in [0.15, 0.2) is 0 Å². The quantitative estimate of drug-likeness (QED) is 0.115. The highest BCUT2D eigenvalue weighted by Crippen LogP contribution is 2.29. The third-order valence-corrected chi connectivity index (χ3v) is 5.73. The molecular weight excluding hydrogens is 444 g/mol. The van der Waals surface area contributed by atoms with E-state index in [2.05, 4.69) is 12.3 Å². The summed E-state index contributed by atoms with van der Waals surface area (Å²) in [5, 5.41) is 1.22. The number of rotatable bonds is 15. The van der Waals surface area contributed by atoms with Crippen LogP contribution in [-0.4, -0.2) is 31.0 Å². The molecule has 1 heterocycles. The van der Waals surface area contributed by atoms with E-state index >= 15 is 0 Å². The molecule has 0 aliphatic carbocycles. The second-order valence-electron chi connectivity index (χ2n) is 8.05. The van der Waals surface area contributed by atoms with Gasteiger partial charge >= 0.3 is 5.97 Å². The zero-order valence-corrected chi connectivity index (χ0v) is 20.4. The number of benzene rings is 1. The fraction of sp³-hybridized carbons (Fsp3) is 0.560. The lowest BCUT2D eigenvalue weighted by molar-refractivity contribution is -0.117. The fourth-order valence-corrected chi connectivity index (χ4v) is 3.72. The number of carbonyl (C=O) groups is 3. The van der Waals surface area contributed by atoms with Gasteiger partial charge in [-0.25, -0.2) is 9.80 Å². The van der Waals surface area contributed by atoms with Crippen LogP contribution in [-0.2, 0) is 19.1 Å². The average Bonchev–Trinajstić information content (AvgIpc) is 3.09. The van der Waals surface area contributed by atoms with E-state index in [0.717, 1.165) is 30.5 Å². The molecule has 0 spiro atoms. The van der Waals surface area contributed by atoms with Gasteiger partial charge in [-0.3, -0.25) is 15.0 Å². The maximum absolute atomic E-state index is 12.6. The Morgan fingerprint density at radius 3 is 2.27 bits per heavy atom. The molecule has 0 atom stereocenters. The molecule has 33 heavy (non-hydrogen) atoms. The predicted molar refractivity (Wildman–Crippen MR) is 129 cm³/mol. The molecular formula is C25H35ClN2O5. The number of nitrogens with one attached hydrogen (secondary N) is 1. The molecule has 1 N–H and O–H groups in total. The largest absolute Gasteiger partial charge is 0.500 e. The molecule has 1 fully saturated rings. The van der Waals surface area contributed by atoms with Gasteiger partial charge in [-0.1, -0.05) is 76.3 Å². The number of carbonyl (C=O) groups excluding carboxylic acids is 3. The number of hydrogen-bond donors (Lipinski definition) is 1. The molecule has 1 aromatic carbocycles. The first-order chi connectivity index (χ1) is 16.0. The van der Waals surface area contributed by atoms with Gasteiger partial charge in [0.05, 0.1) is 29.5 Å². The number of hydrazine groups is 1. The molecule has 1 saturated heterocycles. The molecule has 0 saturated carbocycles. The minimum atomic E-state index is -0.605. The maximum atomic E-state index is 12.6. The summed E-state index contributed by atoms with van der Waals surface area (Å²) in [6.07, 6.45) is 13.2. The van der Waals surface area contributed by atoms with Crippen molar-refractivity contribution in [1.82, 2.24) is 5.43 Å². The molecule has 0 aromatic heterocycles. The van der Waals surface area contributed by atoms with Crippen molar-refractivity contribution in [2.45, 2.75) is 78.1 Å². The highest BCUT2D eigenvalue weighted by Gasteiger charge is 2.36. The number of anilines is 1. The van der Waals surface area contributed by atoms with Gasteiger partial charge in [0.1, 0.15) is 11.8 Å². The lowest BCUT2D eigenvalue weighted by atomic mass is 10.1. The fourth-order valence-electron chi connectivity index (χ4n) is 3.52. The van der Waals surface area contributed by atoms with E-state index in [1.807, 2.05) is 0 Å². The molecule has 0 unspecified atom stereocenters. The molecule has 1 aromatic rings. The van der Waals surface area contributed by atoms with Crippen LogP contribution in [0, 0.1) is 0 Å². The number of amides is 2. The molecule has 0 bridgehead atoms. The van der Waals surface area contributed by atoms with Crippen molar-refractivity contribution in [3.63, 3.8) is 0 Å². The molecule has 7 nitrogen and oxygen atoms in total. The van der Waals surface area contributed by atoms with Crippen LogP contribution in [0.4, 0.5) is 5.69 Å². The zero-order chi connectivity index (χ0) is 24.1. The van der Waals surface area contributed by atoms with E-state index in [1.165, 1.54) is 63.1 Å². The van der Waals surface area contributed by atoms with Crippen molar-refractivity contribution in [2.24, 2.45) is 0 Å². The number of nitrogens with zero attached hydrogens (tertiary/aromatic N) is 1. The van der Waals surface area contributed by atoms with E-state index < -0.39 is 17.8 Å². The molecule has 8 heteroatoms. The van der Waals surface area contributed by atoms with Gasteiger partial charge in [0, 0.05) is 0 Å². The first-order valence-electron chi connectivity index (χ1n) is 11.9. The second kappa shape index (κ2) is 14.6. The lowest BCUT2D eigenvalue weighted by Crippen LogP contribution is -2.36. The summed E-state index contributed by atoms with van der Waals surface area (Å²) in [5.74, 6) is -1.70. The summed E-state index contributed by atoms with van der Waals surface area (Å²) in [6, 6.07) is 4.47. The lowest BCUT2D eigenvalue weighted by Gasteiger charge is -2.17. The Kier molecular flexibility index (Phi) is 11.8. The van der Waals surface area contributed by atoms with Gasteiger partial charge in [-0.05, 0) is 31.5 Å². The number of ether oxygens (including phenoxy) is 2. The Morgan fingerprint density at radius 2 is 1.64 bits per heavy atom. The molecule has 2 rings (SSSR count). The summed E-state index contributed by atoms with van der Waals surface area (Å²) >= 11 is 6.22. The minimum Gasteiger partial charge on any atom is -0.500 e. The molecule has 1 aliphatic rings. The standard InChI is InChI=1S/C25H35ClN2O5/c1-3-5-6-7-8-9-10-11-12-13-16-33-25(31)19-14-15-21(26)22(17-19)28-24(30)20(18-32-4-2)23(29)27-28/h14-15,17-18H,3-13,16H2,1-2H3,(H,27,29). The van der Waals surface area contributed by atoms with Crippen LogP contribution in [0.25, 0.3) is 0 Å². The molecule has 0 radical (unpaired) electrons. The van der Waals surface area contributed by atoms with Gasteiger partial charge < -0.3 is 9.47 Å². The van der Waals surface area contributed by atoms with E-state index in [1.54, 1.807) is 6.92 Å². The zero-order valence-electron chi connectivity index (χ0n) is 19.7. The van der Waals surface area contributed by atoms with Crippen molar-refractivity contribution < 1.29 is 23.9 Å². The Hall–Kier alpha value is -2.54. The highest BCUT2D eigenvalue weighted by molar-refractivity contribution is 6.36. The Balaban J connectivity index is 1.79. The van der Waals surface area contributed by atoms with Crippen LogP contribution in [0.3, 0.4) is 0 Å². The van der Waals surface area contributed by atoms with Gasteiger partial charge in [0.25, 0.3) is 11.8 Å². The van der Waals surface area contributed by atoms with Gasteiger partial charge in [-0.15, -0.1) is 0 Å². The number of hydrogen-bond acceptors (Lipinski definition) is 5. The third kappa shape index (κ3) is 8.39. The van der Waals surface area contributed by atoms with E-state index in [9.17, 15) is 14.4 Å². The Morgan fingerprint density at radius 1 is 1.00 bits per heavy atom. The molecule has 182 valence electrons. The molecule has 1 aliphatic heterocycles. The van der Waals surface area contributed by atoms with Gasteiger partial charge in [-0.2, -0.15) is 0 Å². The van der Waals surface area contributed by atoms with Crippen LogP contribution in [0.15, 0.2) is 30.0 Å². The SMILES string of the molecule is CCCCCCCCCCCCOC(=O)c1ccc(Cl)c(N2NC(=O)C(=COCC)C2=O)c1.